The van der Waals surface area contributed by atoms with Crippen LogP contribution in [0.2, 0.25) is 0 Å². The van der Waals surface area contributed by atoms with Gasteiger partial charge in [-0.15, -0.1) is 0 Å². The van der Waals surface area contributed by atoms with Crippen LogP contribution in [0.4, 0.5) is 0 Å². The van der Waals surface area contributed by atoms with Crippen LogP contribution in [0, 0.1) is 17.8 Å². The minimum absolute atomic E-state index is 0.0397. The van der Waals surface area contributed by atoms with Crippen molar-refractivity contribution in [1.29, 1.82) is 0 Å². The van der Waals surface area contributed by atoms with E-state index < -0.39 is 0 Å². The first-order valence-electron chi connectivity index (χ1n) is 8.29. The molecule has 4 unspecified atom stereocenters. The van der Waals surface area contributed by atoms with Crippen LogP contribution in [0.1, 0.15) is 24.8 Å². The van der Waals surface area contributed by atoms with E-state index in [9.17, 15) is 4.79 Å². The third kappa shape index (κ3) is 3.18. The number of hydrogen-bond donors (Lipinski definition) is 1. The van der Waals surface area contributed by atoms with Crippen molar-refractivity contribution >= 4 is 5.91 Å². The lowest BCUT2D eigenvalue weighted by Crippen LogP contribution is -2.46. The van der Waals surface area contributed by atoms with E-state index in [1.54, 1.807) is 4.90 Å². The fourth-order valence-corrected chi connectivity index (χ4v) is 4.03. The van der Waals surface area contributed by atoms with E-state index in [1.165, 1.54) is 12.8 Å². The summed E-state index contributed by atoms with van der Waals surface area (Å²) in [5.41, 5.74) is 7.41. The second kappa shape index (κ2) is 6.80. The second-order valence-electron chi connectivity index (χ2n) is 6.73. The molecule has 0 spiro atoms. The van der Waals surface area contributed by atoms with Gasteiger partial charge >= 0.3 is 0 Å². The van der Waals surface area contributed by atoms with Crippen LogP contribution in [0.15, 0.2) is 30.3 Å². The molecule has 4 heteroatoms. The zero-order valence-corrected chi connectivity index (χ0v) is 13.3. The predicted molar refractivity (Wildman–Crippen MR) is 86.0 cm³/mol. The average molecular weight is 302 g/mol. The molecule has 2 aliphatic rings. The first-order chi connectivity index (χ1) is 10.7. The van der Waals surface area contributed by atoms with E-state index in [0.29, 0.717) is 31.6 Å². The highest BCUT2D eigenvalue weighted by molar-refractivity contribution is 5.80. The van der Waals surface area contributed by atoms with Crippen LogP contribution in [-0.4, -0.2) is 37.0 Å². The van der Waals surface area contributed by atoms with Crippen molar-refractivity contribution in [2.45, 2.75) is 31.9 Å². The largest absolute Gasteiger partial charge is 0.375 e. The number of likely N-dealkylation sites (N-methyl/N-ethyl adjacent to an activating group) is 1. The number of rotatable bonds is 6. The molecule has 2 saturated carbocycles. The average Bonchev–Trinajstić information content (AvgIpc) is 3.13. The Morgan fingerprint density at radius 3 is 2.68 bits per heavy atom. The Balaban J connectivity index is 1.42. The number of benzene rings is 1. The van der Waals surface area contributed by atoms with Gasteiger partial charge in [-0.25, -0.2) is 0 Å². The van der Waals surface area contributed by atoms with Gasteiger partial charge in [0.1, 0.15) is 0 Å². The summed E-state index contributed by atoms with van der Waals surface area (Å²) in [5.74, 6) is 1.34. The normalized spacial score (nSPS) is 29.7. The van der Waals surface area contributed by atoms with Crippen molar-refractivity contribution in [2.75, 3.05) is 20.2 Å². The van der Waals surface area contributed by atoms with Crippen molar-refractivity contribution in [3.63, 3.8) is 0 Å². The van der Waals surface area contributed by atoms with E-state index in [-0.39, 0.29) is 17.9 Å². The Morgan fingerprint density at radius 1 is 1.27 bits per heavy atom. The molecule has 1 amide bonds. The topological polar surface area (TPSA) is 55.6 Å². The molecule has 120 valence electrons. The number of carbonyl (C=O) groups excluding carboxylic acids is 1. The molecular formula is C18H26N2O2. The van der Waals surface area contributed by atoms with Gasteiger partial charge in [0.05, 0.1) is 19.1 Å². The van der Waals surface area contributed by atoms with Gasteiger partial charge in [-0.3, -0.25) is 4.79 Å². The number of carbonyl (C=O) groups is 1. The summed E-state index contributed by atoms with van der Waals surface area (Å²) in [5, 5.41) is 0. The summed E-state index contributed by atoms with van der Waals surface area (Å²) in [7, 11) is 1.87. The number of amides is 1. The fraction of sp³-hybridized carbons (Fsp3) is 0.611. The predicted octanol–water partition coefficient (Wildman–Crippen LogP) is 2.04. The molecule has 4 nitrogen and oxygen atoms in total. The van der Waals surface area contributed by atoms with Gasteiger partial charge in [-0.2, -0.15) is 0 Å². The Kier molecular flexibility index (Phi) is 4.79. The minimum atomic E-state index is 0.0397. The molecule has 3 rings (SSSR count). The molecule has 4 atom stereocenters. The van der Waals surface area contributed by atoms with Crippen LogP contribution >= 0.6 is 0 Å². The Labute approximate surface area is 132 Å². The molecule has 22 heavy (non-hydrogen) atoms. The lowest BCUT2D eigenvalue weighted by molar-refractivity contribution is -0.137. The van der Waals surface area contributed by atoms with E-state index in [4.69, 9.17) is 10.5 Å². The molecule has 1 aromatic rings. The summed E-state index contributed by atoms with van der Waals surface area (Å²) in [6.07, 6.45) is 3.53. The lowest BCUT2D eigenvalue weighted by atomic mass is 9.84. The summed E-state index contributed by atoms with van der Waals surface area (Å²) in [6, 6.07) is 10.2. The fourth-order valence-electron chi connectivity index (χ4n) is 4.03. The van der Waals surface area contributed by atoms with E-state index in [1.807, 2.05) is 37.4 Å². The van der Waals surface area contributed by atoms with Gasteiger partial charge < -0.3 is 15.4 Å². The minimum Gasteiger partial charge on any atom is -0.375 e. The highest BCUT2D eigenvalue weighted by Gasteiger charge is 2.49. The third-order valence-electron chi connectivity index (χ3n) is 5.32. The van der Waals surface area contributed by atoms with Gasteiger partial charge in [0.25, 0.3) is 0 Å². The highest BCUT2D eigenvalue weighted by Crippen LogP contribution is 2.48. The number of nitrogens with two attached hydrogens (primary N) is 1. The Bertz CT molecular complexity index is 503. The first kappa shape index (κ1) is 15.5. The van der Waals surface area contributed by atoms with Crippen LogP contribution < -0.4 is 5.73 Å². The molecule has 0 aromatic heterocycles. The van der Waals surface area contributed by atoms with Crippen LogP contribution in [0.3, 0.4) is 0 Å². The Morgan fingerprint density at radius 2 is 2.00 bits per heavy atom. The van der Waals surface area contributed by atoms with Crippen LogP contribution in [0.25, 0.3) is 0 Å². The van der Waals surface area contributed by atoms with Gasteiger partial charge in [-0.1, -0.05) is 30.3 Å². The number of nitrogens with zero attached hydrogens (tertiary/aromatic N) is 1. The number of hydrogen-bond acceptors (Lipinski definition) is 3. The number of ether oxygens (including phenoxy) is 1. The third-order valence-corrected chi connectivity index (χ3v) is 5.32. The molecule has 2 aliphatic carbocycles. The molecule has 1 aromatic carbocycles. The molecule has 0 radical (unpaired) electrons. The van der Waals surface area contributed by atoms with Crippen molar-refractivity contribution in [3.8, 4) is 0 Å². The van der Waals surface area contributed by atoms with Crippen molar-refractivity contribution in [2.24, 2.45) is 23.5 Å². The standard InChI is InChI=1S/C18H26N2O2/c1-20(9-10-22-12-13-5-3-2-4-6-13)18(21)16-14-7-8-15(11-14)17(16)19/h2-6,14-17H,7-12,19H2,1H3. The van der Waals surface area contributed by atoms with Crippen LogP contribution in [0.5, 0.6) is 0 Å². The SMILES string of the molecule is CN(CCOCc1ccccc1)C(=O)C1C2CCC(C2)C1N. The van der Waals surface area contributed by atoms with Gasteiger partial charge in [0.2, 0.25) is 5.91 Å². The maximum atomic E-state index is 12.6. The summed E-state index contributed by atoms with van der Waals surface area (Å²) in [6.45, 7) is 1.79. The second-order valence-corrected chi connectivity index (χ2v) is 6.73. The molecule has 2 N–H and O–H groups in total. The zero-order valence-electron chi connectivity index (χ0n) is 13.3. The van der Waals surface area contributed by atoms with E-state index in [0.717, 1.165) is 12.0 Å². The summed E-state index contributed by atoms with van der Waals surface area (Å²) in [4.78, 5) is 14.4. The number of fused-ring (bicyclic) bond motifs is 2. The molecular weight excluding hydrogens is 276 g/mol. The summed E-state index contributed by atoms with van der Waals surface area (Å²) < 4.78 is 5.67. The van der Waals surface area contributed by atoms with E-state index >= 15 is 0 Å². The van der Waals surface area contributed by atoms with Gasteiger partial charge in [0, 0.05) is 19.6 Å². The lowest BCUT2D eigenvalue weighted by Gasteiger charge is -2.30. The van der Waals surface area contributed by atoms with E-state index in [2.05, 4.69) is 0 Å². The molecule has 0 heterocycles. The monoisotopic (exact) mass is 302 g/mol. The maximum Gasteiger partial charge on any atom is 0.227 e. The van der Waals surface area contributed by atoms with Crippen molar-refractivity contribution in [1.82, 2.24) is 4.90 Å². The van der Waals surface area contributed by atoms with Crippen molar-refractivity contribution in [3.05, 3.63) is 35.9 Å². The first-order valence-corrected chi connectivity index (χ1v) is 8.29. The quantitative estimate of drug-likeness (QED) is 0.818. The zero-order chi connectivity index (χ0) is 15.5. The van der Waals surface area contributed by atoms with Crippen molar-refractivity contribution < 1.29 is 9.53 Å². The Hall–Kier alpha value is -1.39. The summed E-state index contributed by atoms with van der Waals surface area (Å²) >= 11 is 0. The van der Waals surface area contributed by atoms with Gasteiger partial charge in [0.15, 0.2) is 0 Å². The molecule has 2 fully saturated rings. The van der Waals surface area contributed by atoms with Crippen LogP contribution in [-0.2, 0) is 16.1 Å². The van der Waals surface area contributed by atoms with Gasteiger partial charge in [-0.05, 0) is 36.7 Å². The molecule has 0 saturated heterocycles. The maximum absolute atomic E-state index is 12.6. The molecule has 2 bridgehead atoms. The smallest absolute Gasteiger partial charge is 0.227 e. The highest BCUT2D eigenvalue weighted by atomic mass is 16.5. The molecule has 0 aliphatic heterocycles.